The number of carbonyl (C=O) groups is 1. The van der Waals surface area contributed by atoms with Gasteiger partial charge < -0.3 is 10.2 Å². The fraction of sp³-hybridized carbons (Fsp3) is 0.733. The second kappa shape index (κ2) is 10.1. The zero-order valence-electron chi connectivity index (χ0n) is 14.4. The van der Waals surface area contributed by atoms with Gasteiger partial charge in [0.15, 0.2) is 0 Å². The van der Waals surface area contributed by atoms with Crippen LogP contribution in [-0.4, -0.2) is 64.8 Å². The van der Waals surface area contributed by atoms with Crippen LogP contribution in [0.1, 0.15) is 31.9 Å². The third-order valence-corrected chi connectivity index (χ3v) is 4.40. The van der Waals surface area contributed by atoms with Crippen LogP contribution in [0.25, 0.3) is 0 Å². The van der Waals surface area contributed by atoms with Crippen molar-refractivity contribution in [1.82, 2.24) is 24.9 Å². The number of aryl methyl sites for hydroxylation is 1. The number of amides is 1. The molecule has 1 saturated heterocycles. The number of likely N-dealkylation sites (N-methyl/N-ethyl adjacent to an activating group) is 2. The maximum absolute atomic E-state index is 12.7. The van der Waals surface area contributed by atoms with Gasteiger partial charge in [0.25, 0.3) is 0 Å². The van der Waals surface area contributed by atoms with Gasteiger partial charge >= 0.3 is 0 Å². The van der Waals surface area contributed by atoms with Gasteiger partial charge in [-0.15, -0.1) is 24.8 Å². The lowest BCUT2D eigenvalue weighted by atomic mass is 10.1. The second-order valence-corrected chi connectivity index (χ2v) is 5.62. The molecule has 0 radical (unpaired) electrons. The fourth-order valence-corrected chi connectivity index (χ4v) is 3.18. The highest BCUT2D eigenvalue weighted by molar-refractivity contribution is 5.85. The zero-order valence-corrected chi connectivity index (χ0v) is 16.0. The second-order valence-electron chi connectivity index (χ2n) is 5.62. The molecule has 0 bridgehead atoms. The van der Waals surface area contributed by atoms with Crippen LogP contribution in [0, 0.1) is 0 Å². The van der Waals surface area contributed by atoms with E-state index in [4.69, 9.17) is 0 Å². The fourth-order valence-electron chi connectivity index (χ4n) is 3.18. The number of nitrogens with one attached hydrogen (secondary N) is 1. The maximum Gasteiger partial charge on any atom is 0.244 e. The van der Waals surface area contributed by atoms with Gasteiger partial charge in [0, 0.05) is 37.9 Å². The summed E-state index contributed by atoms with van der Waals surface area (Å²) in [6, 6.07) is 0.199. The molecule has 0 aromatic carbocycles. The molecule has 1 fully saturated rings. The molecule has 2 atom stereocenters. The van der Waals surface area contributed by atoms with Crippen molar-refractivity contribution in [2.45, 2.75) is 32.4 Å². The highest BCUT2D eigenvalue weighted by Gasteiger charge is 2.33. The molecule has 23 heavy (non-hydrogen) atoms. The van der Waals surface area contributed by atoms with Crippen molar-refractivity contribution in [2.75, 3.05) is 33.2 Å². The first kappa shape index (κ1) is 22.2. The molecule has 1 aliphatic heterocycles. The minimum atomic E-state index is -0.297. The Bertz CT molecular complexity index is 478. The average Bonchev–Trinajstić information content (AvgIpc) is 3.11. The van der Waals surface area contributed by atoms with Gasteiger partial charge in [0.05, 0.1) is 6.20 Å². The molecule has 2 rings (SSSR count). The summed E-state index contributed by atoms with van der Waals surface area (Å²) in [6.45, 7) is 8.12. The van der Waals surface area contributed by atoms with E-state index in [1.807, 2.05) is 25.2 Å². The van der Waals surface area contributed by atoms with Crippen molar-refractivity contribution in [3.8, 4) is 0 Å². The topological polar surface area (TPSA) is 53.4 Å². The molecule has 8 heteroatoms. The van der Waals surface area contributed by atoms with E-state index in [1.165, 1.54) is 0 Å². The molecule has 2 unspecified atom stereocenters. The van der Waals surface area contributed by atoms with Crippen LogP contribution in [0.4, 0.5) is 0 Å². The van der Waals surface area contributed by atoms with E-state index in [2.05, 4.69) is 29.2 Å². The van der Waals surface area contributed by atoms with E-state index in [1.54, 1.807) is 10.9 Å². The Labute approximate surface area is 151 Å². The summed E-state index contributed by atoms with van der Waals surface area (Å²) in [5.74, 6) is 0.153. The lowest BCUT2D eigenvalue weighted by Gasteiger charge is -2.27. The predicted molar refractivity (Wildman–Crippen MR) is 97.4 cm³/mol. The molecule has 6 nitrogen and oxygen atoms in total. The third kappa shape index (κ3) is 5.08. The minimum Gasteiger partial charge on any atom is -0.339 e. The van der Waals surface area contributed by atoms with E-state index in [0.29, 0.717) is 6.04 Å². The van der Waals surface area contributed by atoms with Crippen LogP contribution in [0.5, 0.6) is 0 Å². The molecule has 0 aliphatic carbocycles. The number of hydrogen-bond donors (Lipinski definition) is 1. The Kier molecular flexibility index (Phi) is 9.77. The van der Waals surface area contributed by atoms with Gasteiger partial charge in [0.1, 0.15) is 6.04 Å². The Morgan fingerprint density at radius 1 is 1.43 bits per heavy atom. The number of nitrogens with zero attached hydrogens (tertiary/aromatic N) is 4. The van der Waals surface area contributed by atoms with E-state index in [-0.39, 0.29) is 36.8 Å². The van der Waals surface area contributed by atoms with Crippen molar-refractivity contribution in [2.24, 2.45) is 7.05 Å². The molecular weight excluding hydrogens is 337 g/mol. The lowest BCUT2D eigenvalue weighted by Crippen LogP contribution is -2.42. The van der Waals surface area contributed by atoms with E-state index >= 15 is 0 Å². The highest BCUT2D eigenvalue weighted by Crippen LogP contribution is 2.21. The molecule has 1 aliphatic rings. The monoisotopic (exact) mass is 365 g/mol. The molecule has 1 aromatic rings. The number of halogens is 2. The van der Waals surface area contributed by atoms with Crippen molar-refractivity contribution in [3.05, 3.63) is 18.0 Å². The zero-order chi connectivity index (χ0) is 15.4. The van der Waals surface area contributed by atoms with Gasteiger partial charge in [-0.2, -0.15) is 5.10 Å². The summed E-state index contributed by atoms with van der Waals surface area (Å²) >= 11 is 0. The maximum atomic E-state index is 12.7. The van der Waals surface area contributed by atoms with Crippen LogP contribution in [0.2, 0.25) is 0 Å². The van der Waals surface area contributed by atoms with Gasteiger partial charge in [0.2, 0.25) is 5.91 Å². The number of rotatable bonds is 6. The highest BCUT2D eigenvalue weighted by atomic mass is 35.5. The molecule has 134 valence electrons. The molecule has 0 saturated carbocycles. The van der Waals surface area contributed by atoms with Crippen molar-refractivity contribution in [3.63, 3.8) is 0 Å². The molecular formula is C15H29Cl2N5O. The van der Waals surface area contributed by atoms with Crippen LogP contribution in [0.3, 0.4) is 0 Å². The van der Waals surface area contributed by atoms with E-state index in [0.717, 1.165) is 38.2 Å². The quantitative estimate of drug-likeness (QED) is 0.829. The summed E-state index contributed by atoms with van der Waals surface area (Å²) in [4.78, 5) is 17.2. The largest absolute Gasteiger partial charge is 0.339 e. The number of hydrogen-bond acceptors (Lipinski definition) is 4. The Morgan fingerprint density at radius 2 is 2.09 bits per heavy atom. The van der Waals surface area contributed by atoms with Crippen molar-refractivity contribution < 1.29 is 4.79 Å². The molecule has 1 aromatic heterocycles. The Hall–Kier alpha value is -0.820. The Morgan fingerprint density at radius 3 is 2.57 bits per heavy atom. The first-order valence-electron chi connectivity index (χ1n) is 7.79. The smallest absolute Gasteiger partial charge is 0.244 e. The first-order valence-corrected chi connectivity index (χ1v) is 7.79. The molecule has 1 amide bonds. The number of carbonyl (C=O) groups excluding carboxylic acids is 1. The van der Waals surface area contributed by atoms with E-state index in [9.17, 15) is 4.79 Å². The van der Waals surface area contributed by atoms with E-state index < -0.39 is 0 Å². The van der Waals surface area contributed by atoms with Crippen LogP contribution in [0.15, 0.2) is 12.4 Å². The first-order chi connectivity index (χ1) is 10.1. The average molecular weight is 366 g/mol. The van der Waals surface area contributed by atoms with Gasteiger partial charge in [-0.05, 0) is 26.6 Å². The van der Waals surface area contributed by atoms with Crippen LogP contribution >= 0.6 is 24.8 Å². The lowest BCUT2D eigenvalue weighted by molar-refractivity contribution is -0.132. The summed E-state index contributed by atoms with van der Waals surface area (Å²) in [5, 5.41) is 7.28. The summed E-state index contributed by atoms with van der Waals surface area (Å²) < 4.78 is 1.73. The Balaban J connectivity index is 0.00000242. The third-order valence-electron chi connectivity index (χ3n) is 4.40. The van der Waals surface area contributed by atoms with Gasteiger partial charge in [-0.25, -0.2) is 0 Å². The van der Waals surface area contributed by atoms with Crippen LogP contribution in [-0.2, 0) is 11.8 Å². The molecule has 2 heterocycles. The molecule has 1 N–H and O–H groups in total. The molecule has 0 spiro atoms. The summed E-state index contributed by atoms with van der Waals surface area (Å²) in [7, 11) is 3.69. The number of likely N-dealkylation sites (tertiary alicyclic amines) is 1. The van der Waals surface area contributed by atoms with Crippen molar-refractivity contribution in [1.29, 1.82) is 0 Å². The SMILES string of the molecule is CCN(CC)C1CCN(C(=O)C(NC)c2cnn(C)c2)C1.Cl.Cl. The number of aromatic nitrogens is 2. The summed E-state index contributed by atoms with van der Waals surface area (Å²) in [6.07, 6.45) is 4.73. The van der Waals surface area contributed by atoms with Crippen molar-refractivity contribution >= 4 is 30.7 Å². The normalized spacial score (nSPS) is 18.5. The standard InChI is InChI=1S/C15H27N5O.2ClH/c1-5-19(6-2)13-7-8-20(11-13)15(21)14(16-3)12-9-17-18(4)10-12;;/h9-10,13-14,16H,5-8,11H2,1-4H3;2*1H. The van der Waals surface area contributed by atoms with Gasteiger partial charge in [-0.3, -0.25) is 14.4 Å². The van der Waals surface area contributed by atoms with Gasteiger partial charge in [-0.1, -0.05) is 13.8 Å². The van der Waals surface area contributed by atoms with Crippen LogP contribution < -0.4 is 5.32 Å². The predicted octanol–water partition coefficient (Wildman–Crippen LogP) is 1.47. The minimum absolute atomic E-state index is 0. The summed E-state index contributed by atoms with van der Waals surface area (Å²) in [5.41, 5.74) is 0.927.